The summed E-state index contributed by atoms with van der Waals surface area (Å²) >= 11 is 0. The highest BCUT2D eigenvalue weighted by Crippen LogP contribution is 2.30. The lowest BCUT2D eigenvalue weighted by atomic mass is 9.99. The Morgan fingerprint density at radius 2 is 2.21 bits per heavy atom. The molecule has 0 radical (unpaired) electrons. The van der Waals surface area contributed by atoms with E-state index in [0.717, 1.165) is 24.2 Å². The van der Waals surface area contributed by atoms with Crippen molar-refractivity contribution in [2.75, 3.05) is 13.1 Å². The van der Waals surface area contributed by atoms with Crippen LogP contribution < -0.4 is 0 Å². The van der Waals surface area contributed by atoms with E-state index in [2.05, 4.69) is 36.3 Å². The third-order valence-corrected chi connectivity index (χ3v) is 5.21. The van der Waals surface area contributed by atoms with Gasteiger partial charge in [-0.2, -0.15) is 0 Å². The van der Waals surface area contributed by atoms with Crippen LogP contribution in [0.5, 0.6) is 0 Å². The summed E-state index contributed by atoms with van der Waals surface area (Å²) in [6.07, 6.45) is 3.17. The van der Waals surface area contributed by atoms with Crippen molar-refractivity contribution in [1.29, 1.82) is 0 Å². The summed E-state index contributed by atoms with van der Waals surface area (Å²) in [7, 11) is 0. The van der Waals surface area contributed by atoms with Gasteiger partial charge in [-0.3, -0.25) is 4.79 Å². The third-order valence-electron chi connectivity index (χ3n) is 5.21. The number of carbonyl (C=O) groups is 1. The van der Waals surface area contributed by atoms with E-state index in [0.29, 0.717) is 19.6 Å². The van der Waals surface area contributed by atoms with Crippen molar-refractivity contribution in [3.8, 4) is 0 Å². The molecule has 0 unspecified atom stereocenters. The van der Waals surface area contributed by atoms with Crippen LogP contribution in [-0.4, -0.2) is 45.0 Å². The minimum atomic E-state index is 0.0775. The number of ether oxygens (including phenoxy) is 1. The van der Waals surface area contributed by atoms with Crippen LogP contribution in [0.4, 0.5) is 0 Å². The Kier molecular flexibility index (Phi) is 3.84. The monoisotopic (exact) mass is 326 g/mol. The predicted molar refractivity (Wildman–Crippen MR) is 88.5 cm³/mol. The minimum Gasteiger partial charge on any atom is -0.370 e. The lowest BCUT2D eigenvalue weighted by molar-refractivity contribution is -0.137. The van der Waals surface area contributed by atoms with E-state index in [1.54, 1.807) is 6.20 Å². The van der Waals surface area contributed by atoms with E-state index in [1.165, 1.54) is 11.1 Å². The summed E-state index contributed by atoms with van der Waals surface area (Å²) in [4.78, 5) is 14.7. The van der Waals surface area contributed by atoms with Gasteiger partial charge in [0.25, 0.3) is 0 Å². The number of amides is 1. The average Bonchev–Trinajstić information content (AvgIpc) is 3.07. The van der Waals surface area contributed by atoms with Gasteiger partial charge in [-0.15, -0.1) is 5.10 Å². The van der Waals surface area contributed by atoms with Gasteiger partial charge < -0.3 is 9.64 Å². The molecule has 2 aliphatic heterocycles. The van der Waals surface area contributed by atoms with Crippen molar-refractivity contribution >= 4 is 5.91 Å². The topological polar surface area (TPSA) is 60.3 Å². The summed E-state index contributed by atoms with van der Waals surface area (Å²) in [5, 5.41) is 8.17. The molecule has 1 amide bonds. The molecule has 2 atom stereocenters. The molecule has 1 aromatic carbocycles. The van der Waals surface area contributed by atoms with Gasteiger partial charge in [0.2, 0.25) is 5.91 Å². The van der Waals surface area contributed by atoms with E-state index in [9.17, 15) is 4.79 Å². The van der Waals surface area contributed by atoms with Crippen LogP contribution in [-0.2, 0) is 22.6 Å². The fraction of sp³-hybridized carbons (Fsp3) is 0.500. The zero-order chi connectivity index (χ0) is 16.7. The smallest absolute Gasteiger partial charge is 0.227 e. The number of carbonyl (C=O) groups excluding carboxylic acids is 1. The number of hydrogen-bond donors (Lipinski definition) is 0. The van der Waals surface area contributed by atoms with Crippen molar-refractivity contribution < 1.29 is 9.53 Å². The summed E-state index contributed by atoms with van der Waals surface area (Å²) in [6.45, 7) is 6.12. The molecular formula is C18H22N4O2. The number of fused-ring (bicyclic) bond motifs is 3. The van der Waals surface area contributed by atoms with E-state index < -0.39 is 0 Å². The Balaban J connectivity index is 1.47. The van der Waals surface area contributed by atoms with Gasteiger partial charge in [0.1, 0.15) is 0 Å². The van der Waals surface area contributed by atoms with Crippen molar-refractivity contribution in [1.82, 2.24) is 19.9 Å². The van der Waals surface area contributed by atoms with Gasteiger partial charge in [-0.1, -0.05) is 23.4 Å². The van der Waals surface area contributed by atoms with Gasteiger partial charge >= 0.3 is 0 Å². The minimum absolute atomic E-state index is 0.0775. The van der Waals surface area contributed by atoms with E-state index in [1.807, 2.05) is 15.6 Å². The first-order chi connectivity index (χ1) is 11.6. The maximum atomic E-state index is 12.7. The van der Waals surface area contributed by atoms with Crippen LogP contribution in [0.2, 0.25) is 0 Å². The highest BCUT2D eigenvalue weighted by molar-refractivity contribution is 5.79. The number of rotatable bonds is 2. The van der Waals surface area contributed by atoms with E-state index in [4.69, 9.17) is 4.74 Å². The average molecular weight is 326 g/mol. The van der Waals surface area contributed by atoms with Gasteiger partial charge in [-0.05, 0) is 37.0 Å². The molecule has 0 N–H and O–H groups in total. The largest absolute Gasteiger partial charge is 0.370 e. The maximum absolute atomic E-state index is 12.7. The molecule has 0 saturated carbocycles. The summed E-state index contributed by atoms with van der Waals surface area (Å²) in [5.41, 5.74) is 4.54. The van der Waals surface area contributed by atoms with Crippen LogP contribution in [0.3, 0.4) is 0 Å². The van der Waals surface area contributed by atoms with Gasteiger partial charge in [-0.25, -0.2) is 4.68 Å². The first-order valence-electron chi connectivity index (χ1n) is 8.46. The van der Waals surface area contributed by atoms with Crippen molar-refractivity contribution in [3.05, 3.63) is 46.8 Å². The number of aromatic nitrogens is 3. The van der Waals surface area contributed by atoms with Crippen LogP contribution in [0, 0.1) is 13.8 Å². The quantitative estimate of drug-likeness (QED) is 0.844. The van der Waals surface area contributed by atoms with Gasteiger partial charge in [0.15, 0.2) is 0 Å². The first-order valence-corrected chi connectivity index (χ1v) is 8.46. The molecule has 0 spiro atoms. The zero-order valence-corrected chi connectivity index (χ0v) is 14.1. The highest BCUT2D eigenvalue weighted by Gasteiger charge is 2.37. The standard InChI is InChI=1S/C18H22N4O2/c1-12-3-4-14(7-13(12)2)8-18(23)21-6-5-17-16(10-21)22-15(11-24-17)9-19-20-22/h3-4,7,9,16-17H,5-6,8,10-11H2,1-2H3/t16-,17+/m0/s1. The SMILES string of the molecule is Cc1ccc(CC(=O)N2CC[C@H]3OCc4cnnn4[C@H]3C2)cc1C. The molecule has 0 aliphatic carbocycles. The molecule has 2 aliphatic rings. The van der Waals surface area contributed by atoms with E-state index >= 15 is 0 Å². The molecule has 6 heteroatoms. The maximum Gasteiger partial charge on any atom is 0.227 e. The molecule has 3 heterocycles. The number of piperidine rings is 1. The Labute approximate surface area is 141 Å². The molecule has 0 bridgehead atoms. The van der Waals surface area contributed by atoms with Crippen molar-refractivity contribution in [3.63, 3.8) is 0 Å². The van der Waals surface area contributed by atoms with Gasteiger partial charge in [0, 0.05) is 13.1 Å². The molecule has 24 heavy (non-hydrogen) atoms. The fourth-order valence-corrected chi connectivity index (χ4v) is 3.61. The zero-order valence-electron chi connectivity index (χ0n) is 14.1. The predicted octanol–water partition coefficient (Wildman–Crippen LogP) is 1.81. The normalized spacial score (nSPS) is 22.8. The molecule has 1 fully saturated rings. The number of hydrogen-bond acceptors (Lipinski definition) is 4. The Morgan fingerprint density at radius 1 is 1.33 bits per heavy atom. The molecule has 4 rings (SSSR count). The second kappa shape index (κ2) is 6.02. The molecule has 126 valence electrons. The highest BCUT2D eigenvalue weighted by atomic mass is 16.5. The molecule has 1 saturated heterocycles. The first kappa shape index (κ1) is 15.3. The third kappa shape index (κ3) is 2.71. The summed E-state index contributed by atoms with van der Waals surface area (Å²) in [6, 6.07) is 6.32. The number of nitrogens with zero attached hydrogens (tertiary/aromatic N) is 4. The molecular weight excluding hydrogens is 304 g/mol. The number of likely N-dealkylation sites (tertiary alicyclic amines) is 1. The van der Waals surface area contributed by atoms with Crippen molar-refractivity contribution in [2.45, 2.75) is 45.4 Å². The van der Waals surface area contributed by atoms with Crippen LogP contribution in [0.1, 0.15) is 34.8 Å². The van der Waals surface area contributed by atoms with Crippen LogP contribution in [0.25, 0.3) is 0 Å². The van der Waals surface area contributed by atoms with Crippen LogP contribution in [0.15, 0.2) is 24.4 Å². The second-order valence-corrected chi connectivity index (χ2v) is 6.81. The number of aryl methyl sites for hydroxylation is 2. The second-order valence-electron chi connectivity index (χ2n) is 6.81. The lowest BCUT2D eigenvalue weighted by Crippen LogP contribution is -2.50. The molecule has 2 aromatic rings. The van der Waals surface area contributed by atoms with Crippen LogP contribution >= 0.6 is 0 Å². The van der Waals surface area contributed by atoms with Gasteiger partial charge in [0.05, 0.1) is 37.1 Å². The number of benzene rings is 1. The van der Waals surface area contributed by atoms with E-state index in [-0.39, 0.29) is 18.1 Å². The Morgan fingerprint density at radius 3 is 3.04 bits per heavy atom. The van der Waals surface area contributed by atoms with Crippen molar-refractivity contribution in [2.24, 2.45) is 0 Å². The molecule has 1 aromatic heterocycles. The fourth-order valence-electron chi connectivity index (χ4n) is 3.61. The molecule has 6 nitrogen and oxygen atoms in total. The Bertz CT molecular complexity index is 770. The summed E-state index contributed by atoms with van der Waals surface area (Å²) in [5.74, 6) is 0.170. The Hall–Kier alpha value is -2.21. The lowest BCUT2D eigenvalue weighted by Gasteiger charge is -2.41. The summed E-state index contributed by atoms with van der Waals surface area (Å²) < 4.78 is 7.84.